The lowest BCUT2D eigenvalue weighted by atomic mass is 10.1. The maximum Gasteiger partial charge on any atom is 0.328 e. The zero-order chi connectivity index (χ0) is 23.1. The van der Waals surface area contributed by atoms with Gasteiger partial charge >= 0.3 is 11.9 Å². The number of H-pyrrole nitrogens is 1. The largest absolute Gasteiger partial charge is 0.478 e. The first-order valence-electron chi connectivity index (χ1n) is 10.1. The van der Waals surface area contributed by atoms with Crippen LogP contribution in [0.1, 0.15) is 16.7 Å². The van der Waals surface area contributed by atoms with E-state index in [1.165, 1.54) is 11.1 Å². The molecule has 0 amide bonds. The zero-order valence-electron chi connectivity index (χ0n) is 17.2. The Balaban J connectivity index is 0.000000312. The molecule has 1 aliphatic rings. The number of carboxylic acid groups (broad SMARTS) is 2. The van der Waals surface area contributed by atoms with Crippen LogP contribution in [-0.2, 0) is 28.9 Å². The first kappa shape index (κ1) is 22.9. The molecular formula is C24H24N2O6. The first-order chi connectivity index (χ1) is 15.3. The van der Waals surface area contributed by atoms with E-state index >= 15 is 0 Å². The summed E-state index contributed by atoms with van der Waals surface area (Å²) in [4.78, 5) is 34.2. The van der Waals surface area contributed by atoms with Gasteiger partial charge in [0.15, 0.2) is 0 Å². The van der Waals surface area contributed by atoms with E-state index in [1.807, 2.05) is 42.5 Å². The zero-order valence-corrected chi connectivity index (χ0v) is 17.2. The molecule has 1 unspecified atom stereocenters. The van der Waals surface area contributed by atoms with E-state index in [4.69, 9.17) is 10.2 Å². The van der Waals surface area contributed by atoms with Gasteiger partial charge in [-0.25, -0.2) is 9.59 Å². The van der Waals surface area contributed by atoms with E-state index in [0.717, 1.165) is 23.7 Å². The minimum atomic E-state index is -1.26. The summed E-state index contributed by atoms with van der Waals surface area (Å²) in [5.74, 6) is -2.51. The third kappa shape index (κ3) is 6.37. The second kappa shape index (κ2) is 10.5. The van der Waals surface area contributed by atoms with Crippen molar-refractivity contribution in [2.45, 2.75) is 31.5 Å². The van der Waals surface area contributed by atoms with E-state index in [-0.39, 0.29) is 11.6 Å². The third-order valence-corrected chi connectivity index (χ3v) is 5.09. The Morgan fingerprint density at radius 3 is 2.16 bits per heavy atom. The molecule has 1 atom stereocenters. The molecule has 0 aliphatic heterocycles. The first-order valence-corrected chi connectivity index (χ1v) is 10.1. The lowest BCUT2D eigenvalue weighted by molar-refractivity contribution is -0.134. The fourth-order valence-electron chi connectivity index (χ4n) is 3.70. The van der Waals surface area contributed by atoms with Gasteiger partial charge in [0.1, 0.15) is 6.23 Å². The molecule has 32 heavy (non-hydrogen) atoms. The smallest absolute Gasteiger partial charge is 0.328 e. The Morgan fingerprint density at radius 2 is 1.56 bits per heavy atom. The maximum atomic E-state index is 12.2. The average Bonchev–Trinajstić information content (AvgIpc) is 3.15. The summed E-state index contributed by atoms with van der Waals surface area (Å²) in [6.45, 7) is 0. The number of hydrogen-bond acceptors (Lipinski definition) is 5. The van der Waals surface area contributed by atoms with Gasteiger partial charge in [-0.15, -0.1) is 0 Å². The van der Waals surface area contributed by atoms with Crippen LogP contribution < -0.4 is 10.9 Å². The molecule has 1 aliphatic carbocycles. The van der Waals surface area contributed by atoms with Crippen molar-refractivity contribution in [3.63, 3.8) is 0 Å². The number of pyridine rings is 1. The highest BCUT2D eigenvalue weighted by atomic mass is 16.4. The van der Waals surface area contributed by atoms with E-state index in [2.05, 4.69) is 22.4 Å². The number of carbonyl (C=O) groups is 2. The number of aliphatic hydroxyl groups excluding tert-OH is 1. The Labute approximate surface area is 183 Å². The molecule has 2 aromatic carbocycles. The SMILES string of the molecule is O=C(O)/C=C\C(=O)O.O=c1[nH]c2ccccc2cc1CC(O)NC1Cc2ccccc2C1. The van der Waals surface area contributed by atoms with Crippen LogP contribution >= 0.6 is 0 Å². The predicted octanol–water partition coefficient (Wildman–Crippen LogP) is 1.86. The highest BCUT2D eigenvalue weighted by Crippen LogP contribution is 2.22. The minimum Gasteiger partial charge on any atom is -0.478 e. The standard InChI is InChI=1S/C20H20N2O2.C4H4O4/c23-19(21-17-10-13-5-1-2-6-14(13)11-17)12-16-9-15-7-3-4-8-18(15)22-20(16)24;5-3(6)1-2-4(7)8/h1-9,17,19,21,23H,10-12H2,(H,22,24);1-2H,(H,5,6)(H,7,8)/b;2-1-. The number of aromatic nitrogens is 1. The molecule has 166 valence electrons. The third-order valence-electron chi connectivity index (χ3n) is 5.09. The number of fused-ring (bicyclic) bond motifs is 2. The van der Waals surface area contributed by atoms with Gasteiger partial charge in [0, 0.05) is 35.7 Å². The van der Waals surface area contributed by atoms with E-state index < -0.39 is 18.2 Å². The van der Waals surface area contributed by atoms with Crippen molar-refractivity contribution in [2.75, 3.05) is 0 Å². The molecule has 0 fully saturated rings. The van der Waals surface area contributed by atoms with Crippen LogP contribution in [0.4, 0.5) is 0 Å². The van der Waals surface area contributed by atoms with Crippen LogP contribution in [0, 0.1) is 0 Å². The molecule has 1 aromatic heterocycles. The summed E-state index contributed by atoms with van der Waals surface area (Å²) >= 11 is 0. The number of aromatic amines is 1. The molecule has 8 nitrogen and oxygen atoms in total. The van der Waals surface area contributed by atoms with Crippen molar-refractivity contribution in [1.29, 1.82) is 0 Å². The van der Waals surface area contributed by atoms with Crippen LogP contribution in [0.25, 0.3) is 10.9 Å². The fraction of sp³-hybridized carbons (Fsp3) is 0.208. The van der Waals surface area contributed by atoms with Crippen LogP contribution in [0.2, 0.25) is 0 Å². The molecule has 4 rings (SSSR count). The fourth-order valence-corrected chi connectivity index (χ4v) is 3.70. The molecule has 0 radical (unpaired) electrons. The van der Waals surface area contributed by atoms with Crippen molar-refractivity contribution in [2.24, 2.45) is 0 Å². The van der Waals surface area contributed by atoms with Crippen molar-refractivity contribution in [1.82, 2.24) is 10.3 Å². The van der Waals surface area contributed by atoms with Gasteiger partial charge in [-0.3, -0.25) is 10.1 Å². The number of aliphatic hydroxyl groups is 1. The molecule has 8 heteroatoms. The molecule has 5 N–H and O–H groups in total. The Bertz CT molecular complexity index is 1160. The van der Waals surface area contributed by atoms with E-state index in [9.17, 15) is 19.5 Å². The lowest BCUT2D eigenvalue weighted by Crippen LogP contribution is -2.40. The molecule has 0 bridgehead atoms. The molecule has 0 spiro atoms. The van der Waals surface area contributed by atoms with Crippen LogP contribution in [-0.4, -0.2) is 44.5 Å². The topological polar surface area (TPSA) is 140 Å². The van der Waals surface area contributed by atoms with Gasteiger partial charge in [0.05, 0.1) is 0 Å². The predicted molar refractivity (Wildman–Crippen MR) is 119 cm³/mol. The summed E-state index contributed by atoms with van der Waals surface area (Å²) in [6, 6.07) is 18.1. The van der Waals surface area contributed by atoms with Crippen molar-refractivity contribution < 1.29 is 24.9 Å². The Morgan fingerprint density at radius 1 is 1.00 bits per heavy atom. The number of hydrogen-bond donors (Lipinski definition) is 5. The molecule has 1 heterocycles. The maximum absolute atomic E-state index is 12.2. The number of carboxylic acids is 2. The monoisotopic (exact) mass is 436 g/mol. The quantitative estimate of drug-likeness (QED) is 0.293. The van der Waals surface area contributed by atoms with Crippen LogP contribution in [0.3, 0.4) is 0 Å². The number of benzene rings is 2. The average molecular weight is 436 g/mol. The Kier molecular flexibility index (Phi) is 7.54. The summed E-state index contributed by atoms with van der Waals surface area (Å²) in [7, 11) is 0. The number of rotatable bonds is 6. The second-order valence-electron chi connectivity index (χ2n) is 7.48. The molecule has 0 saturated carbocycles. The van der Waals surface area contributed by atoms with Gasteiger partial charge in [-0.05, 0) is 41.5 Å². The minimum absolute atomic E-state index is 0.135. The number of para-hydroxylation sites is 1. The highest BCUT2D eigenvalue weighted by molar-refractivity contribution is 5.89. The van der Waals surface area contributed by atoms with Gasteiger partial charge in [-0.2, -0.15) is 0 Å². The summed E-state index contributed by atoms with van der Waals surface area (Å²) < 4.78 is 0. The van der Waals surface area contributed by atoms with Crippen molar-refractivity contribution in [3.05, 3.63) is 93.8 Å². The van der Waals surface area contributed by atoms with Gasteiger partial charge in [-0.1, -0.05) is 42.5 Å². The van der Waals surface area contributed by atoms with E-state index in [0.29, 0.717) is 24.1 Å². The summed E-state index contributed by atoms with van der Waals surface area (Å²) in [6.07, 6.45) is 2.52. The number of aliphatic carboxylic acids is 2. The summed E-state index contributed by atoms with van der Waals surface area (Å²) in [5, 5.41) is 30.2. The Hall–Kier alpha value is -3.75. The van der Waals surface area contributed by atoms with Gasteiger partial charge in [0.25, 0.3) is 5.56 Å². The van der Waals surface area contributed by atoms with Crippen LogP contribution in [0.5, 0.6) is 0 Å². The van der Waals surface area contributed by atoms with Crippen LogP contribution in [0.15, 0.2) is 71.5 Å². The molecular weight excluding hydrogens is 412 g/mol. The van der Waals surface area contributed by atoms with E-state index in [1.54, 1.807) is 0 Å². The molecule has 3 aromatic rings. The second-order valence-corrected chi connectivity index (χ2v) is 7.48. The van der Waals surface area contributed by atoms with Gasteiger partial charge in [0.2, 0.25) is 0 Å². The summed E-state index contributed by atoms with van der Waals surface area (Å²) in [5.41, 5.74) is 3.96. The van der Waals surface area contributed by atoms with Crippen molar-refractivity contribution in [3.8, 4) is 0 Å². The highest BCUT2D eigenvalue weighted by Gasteiger charge is 2.23. The normalized spacial score (nSPS) is 14.0. The molecule has 0 saturated heterocycles. The van der Waals surface area contributed by atoms with Gasteiger partial charge < -0.3 is 20.3 Å². The lowest BCUT2D eigenvalue weighted by Gasteiger charge is -2.18. The number of nitrogens with one attached hydrogen (secondary N) is 2. The van der Waals surface area contributed by atoms with Crippen molar-refractivity contribution >= 4 is 22.8 Å².